The Morgan fingerprint density at radius 3 is 2.55 bits per heavy atom. The van der Waals surface area contributed by atoms with Gasteiger partial charge in [-0.2, -0.15) is 0 Å². The van der Waals surface area contributed by atoms with Crippen LogP contribution in [0.4, 0.5) is 6.01 Å². The van der Waals surface area contributed by atoms with Gasteiger partial charge in [0.2, 0.25) is 5.91 Å². The van der Waals surface area contributed by atoms with Gasteiger partial charge in [0.25, 0.3) is 5.89 Å². The van der Waals surface area contributed by atoms with E-state index in [-0.39, 0.29) is 17.8 Å². The first-order valence-electron chi connectivity index (χ1n) is 5.88. The van der Waals surface area contributed by atoms with Crippen molar-refractivity contribution in [2.45, 2.75) is 20.8 Å². The molecule has 7 heteroatoms. The molecule has 1 aromatic heterocycles. The third-order valence-electron chi connectivity index (χ3n) is 2.49. The Bertz CT molecular complexity index is 647. The van der Waals surface area contributed by atoms with Crippen LogP contribution in [0.1, 0.15) is 20.8 Å². The zero-order valence-electron chi connectivity index (χ0n) is 11.2. The van der Waals surface area contributed by atoms with E-state index in [9.17, 15) is 4.79 Å². The van der Waals surface area contributed by atoms with Crippen molar-refractivity contribution in [3.63, 3.8) is 0 Å². The molecule has 0 aliphatic rings. The van der Waals surface area contributed by atoms with Crippen molar-refractivity contribution in [2.75, 3.05) is 5.32 Å². The fraction of sp³-hybridized carbons (Fsp3) is 0.308. The van der Waals surface area contributed by atoms with Crippen molar-refractivity contribution in [1.82, 2.24) is 10.2 Å². The maximum atomic E-state index is 11.8. The Kier molecular flexibility index (Phi) is 4.01. The molecule has 1 heterocycles. The van der Waals surface area contributed by atoms with E-state index >= 15 is 0 Å². The van der Waals surface area contributed by atoms with Gasteiger partial charge < -0.3 is 4.42 Å². The lowest BCUT2D eigenvalue weighted by atomic mass is 9.96. The summed E-state index contributed by atoms with van der Waals surface area (Å²) in [6.45, 7) is 5.36. The summed E-state index contributed by atoms with van der Waals surface area (Å²) in [6, 6.07) is 4.95. The number of carbonyl (C=O) groups excluding carboxylic acids is 1. The van der Waals surface area contributed by atoms with Crippen molar-refractivity contribution < 1.29 is 9.21 Å². The number of nitrogens with zero attached hydrogens (tertiary/aromatic N) is 2. The first-order valence-corrected chi connectivity index (χ1v) is 6.63. The summed E-state index contributed by atoms with van der Waals surface area (Å²) in [5.74, 6) is 0.00535. The van der Waals surface area contributed by atoms with Crippen LogP contribution in [0.2, 0.25) is 10.0 Å². The number of benzene rings is 1. The predicted molar refractivity (Wildman–Crippen MR) is 77.8 cm³/mol. The average molecular weight is 314 g/mol. The summed E-state index contributed by atoms with van der Waals surface area (Å²) in [5.41, 5.74) is 0.00634. The van der Waals surface area contributed by atoms with Crippen LogP contribution < -0.4 is 5.32 Å². The monoisotopic (exact) mass is 313 g/mol. The molecule has 0 aliphatic carbocycles. The topological polar surface area (TPSA) is 68.0 Å². The summed E-state index contributed by atoms with van der Waals surface area (Å²) in [5, 5.41) is 11.1. The summed E-state index contributed by atoms with van der Waals surface area (Å²) in [6.07, 6.45) is 0. The van der Waals surface area contributed by atoms with Crippen LogP contribution in [0.15, 0.2) is 22.6 Å². The number of anilines is 1. The number of rotatable bonds is 2. The number of halogens is 2. The summed E-state index contributed by atoms with van der Waals surface area (Å²) >= 11 is 11.9. The molecular formula is C13H13Cl2N3O2. The van der Waals surface area contributed by atoms with E-state index in [4.69, 9.17) is 27.6 Å². The van der Waals surface area contributed by atoms with Crippen LogP contribution in [0.3, 0.4) is 0 Å². The van der Waals surface area contributed by atoms with Crippen LogP contribution in [0, 0.1) is 5.41 Å². The predicted octanol–water partition coefficient (Wildman–Crippen LogP) is 4.03. The summed E-state index contributed by atoms with van der Waals surface area (Å²) < 4.78 is 5.37. The van der Waals surface area contributed by atoms with Gasteiger partial charge in [-0.25, -0.2) is 0 Å². The van der Waals surface area contributed by atoms with Gasteiger partial charge in [0.1, 0.15) is 0 Å². The average Bonchev–Trinajstić information content (AvgIpc) is 2.76. The molecule has 2 aromatic rings. The number of nitrogens with one attached hydrogen (secondary N) is 1. The number of hydrogen-bond donors (Lipinski definition) is 1. The maximum Gasteiger partial charge on any atom is 0.322 e. The molecule has 5 nitrogen and oxygen atoms in total. The van der Waals surface area contributed by atoms with Crippen LogP contribution in [-0.4, -0.2) is 16.1 Å². The lowest BCUT2D eigenvalue weighted by molar-refractivity contribution is -0.123. The second-order valence-electron chi connectivity index (χ2n) is 5.24. The Morgan fingerprint density at radius 1 is 1.25 bits per heavy atom. The minimum atomic E-state index is -0.549. The number of carbonyl (C=O) groups is 1. The number of hydrogen-bond acceptors (Lipinski definition) is 4. The highest BCUT2D eigenvalue weighted by molar-refractivity contribution is 6.36. The first kappa shape index (κ1) is 14.8. The fourth-order valence-electron chi connectivity index (χ4n) is 1.33. The highest BCUT2D eigenvalue weighted by Gasteiger charge is 2.23. The van der Waals surface area contributed by atoms with Crippen LogP contribution in [0.25, 0.3) is 11.5 Å². The van der Waals surface area contributed by atoms with Gasteiger partial charge in [0.15, 0.2) is 0 Å². The zero-order chi connectivity index (χ0) is 14.9. The molecule has 0 fully saturated rings. The van der Waals surface area contributed by atoms with Crippen LogP contribution in [-0.2, 0) is 4.79 Å². The third kappa shape index (κ3) is 3.29. The molecule has 20 heavy (non-hydrogen) atoms. The molecule has 0 saturated heterocycles. The minimum Gasteiger partial charge on any atom is -0.403 e. The molecule has 1 N–H and O–H groups in total. The molecule has 1 aromatic carbocycles. The Hall–Kier alpha value is -1.59. The quantitative estimate of drug-likeness (QED) is 0.909. The molecule has 1 amide bonds. The van der Waals surface area contributed by atoms with Crippen LogP contribution >= 0.6 is 23.2 Å². The van der Waals surface area contributed by atoms with Crippen molar-refractivity contribution >= 4 is 35.1 Å². The van der Waals surface area contributed by atoms with E-state index in [1.165, 1.54) is 0 Å². The highest BCUT2D eigenvalue weighted by atomic mass is 35.5. The standard InChI is InChI=1S/C13H13Cl2N3O2/c1-13(2,3)11(19)16-12-18-17-10(20-12)8-5-4-7(14)6-9(8)15/h4-6H,1-3H3,(H,16,18,19). The van der Waals surface area contributed by atoms with Gasteiger partial charge in [0.05, 0.1) is 10.6 Å². The molecule has 0 bridgehead atoms. The van der Waals surface area contributed by atoms with Gasteiger partial charge >= 0.3 is 6.01 Å². The Balaban J connectivity index is 2.23. The van der Waals surface area contributed by atoms with E-state index in [1.54, 1.807) is 39.0 Å². The van der Waals surface area contributed by atoms with Crippen molar-refractivity contribution in [2.24, 2.45) is 5.41 Å². The molecular weight excluding hydrogens is 301 g/mol. The molecule has 0 spiro atoms. The van der Waals surface area contributed by atoms with E-state index in [0.717, 1.165) is 0 Å². The van der Waals surface area contributed by atoms with Crippen molar-refractivity contribution in [1.29, 1.82) is 0 Å². The molecule has 2 rings (SSSR count). The van der Waals surface area contributed by atoms with Crippen molar-refractivity contribution in [3.8, 4) is 11.5 Å². The second-order valence-corrected chi connectivity index (χ2v) is 6.08. The third-order valence-corrected chi connectivity index (χ3v) is 3.04. The smallest absolute Gasteiger partial charge is 0.322 e. The molecule has 0 atom stereocenters. The normalized spacial score (nSPS) is 11.4. The van der Waals surface area contributed by atoms with Gasteiger partial charge in [-0.05, 0) is 18.2 Å². The van der Waals surface area contributed by atoms with E-state index < -0.39 is 5.41 Å². The number of amides is 1. The summed E-state index contributed by atoms with van der Waals surface area (Å²) in [7, 11) is 0. The Labute approximate surface area is 126 Å². The van der Waals surface area contributed by atoms with E-state index in [2.05, 4.69) is 15.5 Å². The number of aromatic nitrogens is 2. The fourth-order valence-corrected chi connectivity index (χ4v) is 1.82. The van der Waals surface area contributed by atoms with Crippen LogP contribution in [0.5, 0.6) is 0 Å². The summed E-state index contributed by atoms with van der Waals surface area (Å²) in [4.78, 5) is 11.8. The van der Waals surface area contributed by atoms with E-state index in [0.29, 0.717) is 15.6 Å². The first-order chi connectivity index (χ1) is 9.27. The van der Waals surface area contributed by atoms with E-state index in [1.807, 2.05) is 0 Å². The SMILES string of the molecule is CC(C)(C)C(=O)Nc1nnc(-c2ccc(Cl)cc2Cl)o1. The zero-order valence-corrected chi connectivity index (χ0v) is 12.7. The molecule has 106 valence electrons. The second kappa shape index (κ2) is 5.42. The molecule has 0 unspecified atom stereocenters. The van der Waals surface area contributed by atoms with Gasteiger partial charge in [-0.3, -0.25) is 10.1 Å². The van der Waals surface area contributed by atoms with Gasteiger partial charge in [-0.1, -0.05) is 49.1 Å². The van der Waals surface area contributed by atoms with Crippen molar-refractivity contribution in [3.05, 3.63) is 28.2 Å². The maximum absolute atomic E-state index is 11.8. The van der Waals surface area contributed by atoms with Gasteiger partial charge in [-0.15, -0.1) is 5.10 Å². The highest BCUT2D eigenvalue weighted by Crippen LogP contribution is 2.30. The largest absolute Gasteiger partial charge is 0.403 e. The molecule has 0 radical (unpaired) electrons. The molecule has 0 saturated carbocycles. The van der Waals surface area contributed by atoms with Gasteiger partial charge in [0, 0.05) is 10.4 Å². The minimum absolute atomic E-state index is 0.0333. The molecule has 0 aliphatic heterocycles. The lowest BCUT2D eigenvalue weighted by Gasteiger charge is -2.15. The lowest BCUT2D eigenvalue weighted by Crippen LogP contribution is -2.27. The Morgan fingerprint density at radius 2 is 1.95 bits per heavy atom.